The van der Waals surface area contributed by atoms with E-state index in [1.165, 1.54) is 13.1 Å². The van der Waals surface area contributed by atoms with Crippen LogP contribution in [-0.2, 0) is 28.7 Å². The van der Waals surface area contributed by atoms with Gasteiger partial charge in [-0.3, -0.25) is 24.0 Å². The number of para-hydroxylation sites is 1. The second kappa shape index (κ2) is 16.0. The summed E-state index contributed by atoms with van der Waals surface area (Å²) in [6.07, 6.45) is 4.00. The van der Waals surface area contributed by atoms with Crippen molar-refractivity contribution in [1.82, 2.24) is 20.9 Å². The number of hydrogen-bond acceptors (Lipinski definition) is 8. The molecule has 1 fully saturated rings. The Bertz CT molecular complexity index is 1360. The van der Waals surface area contributed by atoms with Gasteiger partial charge in [-0.15, -0.1) is 0 Å². The number of rotatable bonds is 12. The highest BCUT2D eigenvalue weighted by molar-refractivity contribution is 6.20. The first kappa shape index (κ1) is 34.2. The number of carboxylic acids is 1. The van der Waals surface area contributed by atoms with Gasteiger partial charge in [0.15, 0.2) is 17.9 Å². The number of nitrogens with one attached hydrogen (secondary N) is 4. The van der Waals surface area contributed by atoms with Crippen molar-refractivity contribution in [1.29, 1.82) is 0 Å². The molecule has 0 spiro atoms. The van der Waals surface area contributed by atoms with Gasteiger partial charge in [-0.25, -0.2) is 4.79 Å². The first-order valence-corrected chi connectivity index (χ1v) is 15.0. The van der Waals surface area contributed by atoms with E-state index in [0.717, 1.165) is 25.7 Å². The van der Waals surface area contributed by atoms with Crippen LogP contribution in [0.3, 0.4) is 0 Å². The molecule has 13 heteroatoms. The molecule has 2 aromatic rings. The maximum atomic E-state index is 13.7. The summed E-state index contributed by atoms with van der Waals surface area (Å²) < 4.78 is 5.74. The first-order chi connectivity index (χ1) is 21.0. The zero-order valence-electron chi connectivity index (χ0n) is 25.3. The third kappa shape index (κ3) is 8.65. The van der Waals surface area contributed by atoms with Gasteiger partial charge in [-0.1, -0.05) is 64.7 Å². The summed E-state index contributed by atoms with van der Waals surface area (Å²) in [4.78, 5) is 81.7. The minimum atomic E-state index is -1.89. The molecule has 240 valence electrons. The predicted octanol–water partition coefficient (Wildman–Crippen LogP) is 1.83. The second-order valence-electron chi connectivity index (χ2n) is 11.3. The highest BCUT2D eigenvalue weighted by Gasteiger charge is 2.40. The van der Waals surface area contributed by atoms with Crippen molar-refractivity contribution < 1.29 is 43.7 Å². The number of aromatic amines is 1. The van der Waals surface area contributed by atoms with E-state index >= 15 is 0 Å². The van der Waals surface area contributed by atoms with E-state index in [2.05, 4.69) is 27.9 Å². The van der Waals surface area contributed by atoms with Gasteiger partial charge in [0.05, 0.1) is 12.5 Å². The van der Waals surface area contributed by atoms with Gasteiger partial charge < -0.3 is 35.9 Å². The summed E-state index contributed by atoms with van der Waals surface area (Å²) in [5.74, 6) is -7.06. The summed E-state index contributed by atoms with van der Waals surface area (Å²) in [5, 5.41) is 27.0. The lowest BCUT2D eigenvalue weighted by Crippen LogP contribution is -2.58. The number of esters is 1. The number of carboxylic acid groups (broad SMARTS) is 1. The number of carbonyl (C=O) groups excluding carboxylic acids is 5. The molecular formula is C31H42N4O9. The molecule has 0 unspecified atom stereocenters. The van der Waals surface area contributed by atoms with Crippen LogP contribution in [0, 0.1) is 11.8 Å². The number of ether oxygens (including phenoxy) is 1. The highest BCUT2D eigenvalue weighted by Crippen LogP contribution is 2.25. The molecule has 1 aromatic carbocycles. The lowest BCUT2D eigenvalue weighted by molar-refractivity contribution is -0.161. The number of amides is 3. The summed E-state index contributed by atoms with van der Waals surface area (Å²) in [6, 6.07) is 1.89. The number of aromatic nitrogens is 1. The van der Waals surface area contributed by atoms with E-state index in [-0.39, 0.29) is 17.9 Å². The third-order valence-corrected chi connectivity index (χ3v) is 7.96. The molecule has 0 saturated carbocycles. The number of aliphatic hydroxyl groups excluding tert-OH is 1. The Morgan fingerprint density at radius 3 is 2.34 bits per heavy atom. The largest absolute Gasteiger partial charge is 0.481 e. The molecule has 0 aliphatic carbocycles. The van der Waals surface area contributed by atoms with Crippen molar-refractivity contribution in [2.24, 2.45) is 11.8 Å². The van der Waals surface area contributed by atoms with Crippen LogP contribution in [-0.4, -0.2) is 81.5 Å². The smallest absolute Gasteiger partial charge is 0.331 e. The summed E-state index contributed by atoms with van der Waals surface area (Å²) >= 11 is 0. The Morgan fingerprint density at radius 2 is 1.66 bits per heavy atom. The Kier molecular flexibility index (Phi) is 12.4. The normalized spacial score (nSPS) is 24.1. The minimum absolute atomic E-state index is 0.0743. The Balaban J connectivity index is 2.00. The van der Waals surface area contributed by atoms with Crippen LogP contribution in [0.2, 0.25) is 0 Å². The molecule has 0 bridgehead atoms. The Hall–Kier alpha value is -4.26. The van der Waals surface area contributed by atoms with Crippen molar-refractivity contribution >= 4 is 46.3 Å². The highest BCUT2D eigenvalue weighted by atomic mass is 16.5. The second-order valence-corrected chi connectivity index (χ2v) is 11.3. The lowest BCUT2D eigenvalue weighted by atomic mass is 9.88. The number of unbranched alkanes of at least 4 members (excludes halogenated alkanes) is 3. The average molecular weight is 615 g/mol. The standard InChI is InChI=1S/C31H42N4O9/c1-4-5-6-7-10-17(2)27-18(3)28(40)33-22(13-14-24(37)38)29(41)35-25(30(42)34-23(16-36)31(43)44-27)26(39)20-15-32-21-12-9-8-11-19(20)21/h8-9,11-12,15,17-18,22-23,25,27,32,36H,4-7,10,13-14,16H2,1-3H3,(H,33,40)(H,34,42)(H,35,41)(H,37,38)/t17-,18+,22-,23+,25-,27+/m1/s1. The zero-order chi connectivity index (χ0) is 32.4. The molecule has 44 heavy (non-hydrogen) atoms. The maximum absolute atomic E-state index is 13.7. The van der Waals surface area contributed by atoms with Gasteiger partial charge >= 0.3 is 11.9 Å². The number of carbonyl (C=O) groups is 6. The van der Waals surface area contributed by atoms with E-state index in [1.807, 2.05) is 6.92 Å². The van der Waals surface area contributed by atoms with E-state index in [1.54, 1.807) is 24.3 Å². The molecule has 6 N–H and O–H groups in total. The fourth-order valence-electron chi connectivity index (χ4n) is 5.33. The Morgan fingerprint density at radius 1 is 0.955 bits per heavy atom. The average Bonchev–Trinajstić information content (AvgIpc) is 3.44. The molecule has 3 rings (SSSR count). The first-order valence-electron chi connectivity index (χ1n) is 15.0. The number of cyclic esters (lactones) is 1. The van der Waals surface area contributed by atoms with E-state index in [9.17, 15) is 39.0 Å². The number of fused-ring (bicyclic) bond motifs is 1. The van der Waals surface area contributed by atoms with Crippen molar-refractivity contribution in [2.45, 2.75) is 89.9 Å². The monoisotopic (exact) mass is 614 g/mol. The van der Waals surface area contributed by atoms with Gasteiger partial charge in [-0.05, 0) is 24.8 Å². The molecule has 1 aliphatic heterocycles. The lowest BCUT2D eigenvalue weighted by Gasteiger charge is -2.31. The number of Topliss-reactive ketones (excluding diaryl/α,β-unsaturated/α-hetero) is 1. The molecule has 1 aromatic heterocycles. The van der Waals surface area contributed by atoms with Gasteiger partial charge in [0.2, 0.25) is 11.8 Å². The molecule has 0 radical (unpaired) electrons. The van der Waals surface area contributed by atoms with Crippen molar-refractivity contribution in [2.75, 3.05) is 6.61 Å². The molecule has 13 nitrogen and oxygen atoms in total. The SMILES string of the molecule is CCCCCC[C@@H](C)[C@@H]1OC(=O)[C@H](CO)NC(=O)[C@@H](C(=O)c2c[nH]c3ccccc23)NC(=O)[C@@H](CCC(=O)O)NC(=O)[C@H]1C. The van der Waals surface area contributed by atoms with Crippen LogP contribution in [0.25, 0.3) is 10.9 Å². The van der Waals surface area contributed by atoms with Crippen molar-refractivity contribution in [3.8, 4) is 0 Å². The van der Waals surface area contributed by atoms with Gasteiger partial charge in [0.25, 0.3) is 5.91 Å². The Labute approximate surface area is 255 Å². The molecular weight excluding hydrogens is 572 g/mol. The van der Waals surface area contributed by atoms with E-state index in [0.29, 0.717) is 17.3 Å². The number of aliphatic carboxylic acids is 1. The number of hydrogen-bond donors (Lipinski definition) is 6. The van der Waals surface area contributed by atoms with Crippen LogP contribution < -0.4 is 16.0 Å². The summed E-state index contributed by atoms with van der Waals surface area (Å²) in [7, 11) is 0. The third-order valence-electron chi connectivity index (χ3n) is 7.96. The topological polar surface area (TPSA) is 204 Å². The minimum Gasteiger partial charge on any atom is -0.481 e. The molecule has 1 saturated heterocycles. The van der Waals surface area contributed by atoms with Crippen molar-refractivity contribution in [3.05, 3.63) is 36.0 Å². The van der Waals surface area contributed by atoms with Crippen LogP contribution in [0.1, 0.15) is 76.1 Å². The number of ketones is 1. The summed E-state index contributed by atoms with van der Waals surface area (Å²) in [6.45, 7) is 4.55. The number of aliphatic hydroxyl groups is 1. The van der Waals surface area contributed by atoms with Crippen LogP contribution in [0.5, 0.6) is 0 Å². The van der Waals surface area contributed by atoms with Crippen LogP contribution in [0.4, 0.5) is 0 Å². The summed E-state index contributed by atoms with van der Waals surface area (Å²) in [5.41, 5.74) is 0.671. The van der Waals surface area contributed by atoms with Gasteiger partial charge in [0, 0.05) is 29.1 Å². The fourth-order valence-corrected chi connectivity index (χ4v) is 5.33. The molecule has 6 atom stereocenters. The molecule has 1 aliphatic rings. The van der Waals surface area contributed by atoms with Crippen LogP contribution >= 0.6 is 0 Å². The molecule has 2 heterocycles. The molecule has 3 amide bonds. The fraction of sp³-hybridized carbons (Fsp3) is 0.548. The van der Waals surface area contributed by atoms with Gasteiger partial charge in [0.1, 0.15) is 12.1 Å². The quantitative estimate of drug-likeness (QED) is 0.0892. The van der Waals surface area contributed by atoms with Gasteiger partial charge in [-0.2, -0.15) is 0 Å². The zero-order valence-corrected chi connectivity index (χ0v) is 25.3. The van der Waals surface area contributed by atoms with E-state index in [4.69, 9.17) is 4.74 Å². The van der Waals surface area contributed by atoms with Crippen molar-refractivity contribution in [3.63, 3.8) is 0 Å². The van der Waals surface area contributed by atoms with Crippen LogP contribution in [0.15, 0.2) is 30.5 Å². The number of H-pyrrole nitrogens is 1. The van der Waals surface area contributed by atoms with E-state index < -0.39 is 78.6 Å². The number of benzene rings is 1. The predicted molar refractivity (Wildman–Crippen MR) is 159 cm³/mol. The maximum Gasteiger partial charge on any atom is 0.331 e.